The maximum Gasteiger partial charge on any atom is 0.163 e. The van der Waals surface area contributed by atoms with Crippen molar-refractivity contribution in [1.29, 1.82) is 0 Å². The van der Waals surface area contributed by atoms with E-state index in [4.69, 9.17) is 9.47 Å². The number of hydrogen-bond donors (Lipinski definition) is 0. The van der Waals surface area contributed by atoms with Crippen molar-refractivity contribution in [1.82, 2.24) is 0 Å². The van der Waals surface area contributed by atoms with Gasteiger partial charge in [-0.25, -0.2) is 17.6 Å². The van der Waals surface area contributed by atoms with Crippen LogP contribution in [-0.4, -0.2) is 0 Å². The van der Waals surface area contributed by atoms with Crippen molar-refractivity contribution in [2.45, 2.75) is 10.8 Å². The van der Waals surface area contributed by atoms with Crippen LogP contribution in [0.1, 0.15) is 55.6 Å². The van der Waals surface area contributed by atoms with Crippen molar-refractivity contribution in [2.24, 2.45) is 0 Å². The van der Waals surface area contributed by atoms with Crippen LogP contribution >= 0.6 is 0 Å². The number of hydrogen-bond acceptors (Lipinski definition) is 3. The Bertz CT molecular complexity index is 4290. The smallest absolute Gasteiger partial charge is 0.163 e. The van der Waals surface area contributed by atoms with Crippen LogP contribution in [0.2, 0.25) is 0 Å². The molecule has 2 aliphatic carbocycles. The van der Waals surface area contributed by atoms with Gasteiger partial charge in [-0.05, 0) is 175 Å². The topological polar surface area (TPSA) is 21.7 Å². The number of fused-ring (bicyclic) bond motifs is 6. The van der Waals surface area contributed by atoms with E-state index in [1.54, 1.807) is 36.4 Å². The van der Waals surface area contributed by atoms with Gasteiger partial charge in [0.25, 0.3) is 0 Å². The molecule has 2 aliphatic rings. The lowest BCUT2D eigenvalue weighted by Gasteiger charge is -2.36. The first-order chi connectivity index (χ1) is 41.7. The van der Waals surface area contributed by atoms with Crippen molar-refractivity contribution >= 4 is 29.2 Å². The van der Waals surface area contributed by atoms with E-state index >= 15 is 17.6 Å². The van der Waals surface area contributed by atoms with Gasteiger partial charge in [0.1, 0.15) is 23.0 Å². The lowest BCUT2D eigenvalue weighted by atomic mass is 9.67. The highest BCUT2D eigenvalue weighted by Crippen LogP contribution is 2.60. The highest BCUT2D eigenvalue weighted by molar-refractivity contribution is 5.92. The molecule has 0 bridgehead atoms. The summed E-state index contributed by atoms with van der Waals surface area (Å²) in [7, 11) is 0. The van der Waals surface area contributed by atoms with Gasteiger partial charge in [0.05, 0.1) is 10.8 Å². The van der Waals surface area contributed by atoms with E-state index in [0.29, 0.717) is 45.5 Å². The molecule has 3 nitrogen and oxygen atoms in total. The zero-order chi connectivity index (χ0) is 57.8. The molecule has 14 rings (SSSR count). The first-order valence-corrected chi connectivity index (χ1v) is 28.0. The molecule has 0 N–H and O–H groups in total. The summed E-state index contributed by atoms with van der Waals surface area (Å²) in [5.74, 6) is -1.50. The SMILES string of the molecule is C=Cc1ccc(Oc2ccc(C3(c4cccc(F)c4F)c4ccccc4-c4ccc(N(c5ccc(-c6ccccc6)cc5)c5ccc6c(c5)C(c5ccc(Oc7ccc(C=C)cc7)cc5)(c5cccc(F)c5F)c5ccccc5-6)cc43)cc2)cc1. The van der Waals surface area contributed by atoms with E-state index in [1.165, 1.54) is 0 Å². The van der Waals surface area contributed by atoms with E-state index in [0.717, 1.165) is 84.6 Å². The van der Waals surface area contributed by atoms with E-state index in [1.807, 2.05) is 164 Å². The van der Waals surface area contributed by atoms with Crippen molar-refractivity contribution in [3.63, 3.8) is 0 Å². The second-order valence-electron chi connectivity index (χ2n) is 21.3. The molecule has 0 spiro atoms. The van der Waals surface area contributed by atoms with Crippen LogP contribution in [0.25, 0.3) is 45.5 Å². The summed E-state index contributed by atoms with van der Waals surface area (Å²) in [6, 6.07) is 85.8. The minimum atomic E-state index is -1.39. The lowest BCUT2D eigenvalue weighted by Crippen LogP contribution is -2.30. The van der Waals surface area contributed by atoms with Crippen molar-refractivity contribution in [3.05, 3.63) is 365 Å². The van der Waals surface area contributed by atoms with Crippen LogP contribution in [0.4, 0.5) is 34.6 Å². The van der Waals surface area contributed by atoms with Crippen molar-refractivity contribution in [2.75, 3.05) is 4.90 Å². The second-order valence-corrected chi connectivity index (χ2v) is 21.3. The Balaban J connectivity index is 0.987. The molecule has 0 radical (unpaired) electrons. The number of halogens is 4. The molecule has 408 valence electrons. The third-order valence-electron chi connectivity index (χ3n) is 16.8. The molecular weight excluding hydrogens is 1060 g/mol. The second kappa shape index (κ2) is 21.2. The molecule has 0 aliphatic heterocycles. The summed E-state index contributed by atoms with van der Waals surface area (Å²) in [5.41, 5.74) is 11.4. The number of anilines is 3. The minimum absolute atomic E-state index is 0.141. The average Bonchev–Trinajstić information content (AvgIpc) is 1.63. The summed E-state index contributed by atoms with van der Waals surface area (Å²) in [5, 5.41) is 0. The maximum atomic E-state index is 17.3. The summed E-state index contributed by atoms with van der Waals surface area (Å²) in [4.78, 5) is 2.14. The maximum absolute atomic E-state index is 17.3. The summed E-state index contributed by atoms with van der Waals surface area (Å²) < 4.78 is 79.4. The third-order valence-corrected chi connectivity index (χ3v) is 16.8. The number of ether oxygens (including phenoxy) is 2. The molecule has 12 aromatic carbocycles. The molecular formula is C78H51F4NO2. The quantitative estimate of drug-likeness (QED) is 0.101. The average molecular weight is 1110 g/mol. The summed E-state index contributed by atoms with van der Waals surface area (Å²) in [6.07, 6.45) is 3.54. The fourth-order valence-electron chi connectivity index (χ4n) is 13.0. The van der Waals surface area contributed by atoms with Gasteiger partial charge < -0.3 is 14.4 Å². The summed E-state index contributed by atoms with van der Waals surface area (Å²) in [6.45, 7) is 7.74. The van der Waals surface area contributed by atoms with Crippen molar-refractivity contribution < 1.29 is 27.0 Å². The molecule has 7 heteroatoms. The fourth-order valence-corrected chi connectivity index (χ4v) is 13.0. The molecule has 0 saturated heterocycles. The third kappa shape index (κ3) is 8.65. The molecule has 0 aromatic heterocycles. The fraction of sp³-hybridized carbons (Fsp3) is 0.0256. The Morgan fingerprint density at radius 2 is 0.659 bits per heavy atom. The van der Waals surface area contributed by atoms with E-state index < -0.39 is 34.1 Å². The van der Waals surface area contributed by atoms with Crippen LogP contribution in [0.5, 0.6) is 23.0 Å². The van der Waals surface area contributed by atoms with Gasteiger partial charge in [0.15, 0.2) is 23.3 Å². The van der Waals surface area contributed by atoms with Gasteiger partial charge in [-0.1, -0.05) is 201 Å². The zero-order valence-electron chi connectivity index (χ0n) is 45.8. The standard InChI is InChI=1S/C78H51F4NO2/c1-3-50-24-38-59(39-25-50)84-61-42-30-54(31-43-61)77(69-20-12-22-73(79)75(69)81)67-18-10-8-16-63(67)65-46-36-57(48-71(65)77)83(56-34-28-53(29-35-56)52-14-6-5-7-15-52)58-37-47-66-64-17-9-11-19-68(64)78(72(66)49-58,70-21-13-23-74(80)76(70)82)55-32-44-62(45-33-55)85-60-40-26-51(4-2)27-41-60/h3-49H,1-2H2. The van der Waals surface area contributed by atoms with Crippen LogP contribution in [-0.2, 0) is 10.8 Å². The molecule has 0 heterocycles. The monoisotopic (exact) mass is 1110 g/mol. The van der Waals surface area contributed by atoms with Gasteiger partial charge >= 0.3 is 0 Å². The van der Waals surface area contributed by atoms with Crippen LogP contribution in [0.15, 0.2) is 286 Å². The van der Waals surface area contributed by atoms with Gasteiger partial charge in [-0.2, -0.15) is 0 Å². The predicted octanol–water partition coefficient (Wildman–Crippen LogP) is 21.0. The lowest BCUT2D eigenvalue weighted by molar-refractivity contribution is 0.480. The molecule has 0 amide bonds. The molecule has 0 saturated carbocycles. The molecule has 2 atom stereocenters. The van der Waals surface area contributed by atoms with Gasteiger partial charge in [0.2, 0.25) is 0 Å². The van der Waals surface area contributed by atoms with E-state index in [-0.39, 0.29) is 11.1 Å². The Labute approximate surface area is 491 Å². The van der Waals surface area contributed by atoms with Crippen LogP contribution in [0, 0.1) is 23.3 Å². The minimum Gasteiger partial charge on any atom is -0.457 e. The van der Waals surface area contributed by atoms with Gasteiger partial charge in [-0.3, -0.25) is 0 Å². The summed E-state index contributed by atoms with van der Waals surface area (Å²) >= 11 is 0. The van der Waals surface area contributed by atoms with Crippen molar-refractivity contribution in [3.8, 4) is 56.4 Å². The van der Waals surface area contributed by atoms with Crippen LogP contribution < -0.4 is 14.4 Å². The van der Waals surface area contributed by atoms with E-state index in [2.05, 4.69) is 90.9 Å². The van der Waals surface area contributed by atoms with E-state index in [9.17, 15) is 0 Å². The predicted molar refractivity (Wildman–Crippen MR) is 334 cm³/mol. The molecule has 85 heavy (non-hydrogen) atoms. The largest absolute Gasteiger partial charge is 0.457 e. The molecule has 0 fully saturated rings. The number of rotatable bonds is 14. The normalized spacial score (nSPS) is 15.2. The zero-order valence-corrected chi connectivity index (χ0v) is 45.8. The Kier molecular flexibility index (Phi) is 13.1. The molecule has 2 unspecified atom stereocenters. The Morgan fingerprint density at radius 3 is 1.08 bits per heavy atom. The number of nitrogens with zero attached hydrogens (tertiary/aromatic N) is 1. The first-order valence-electron chi connectivity index (χ1n) is 28.0. The van der Waals surface area contributed by atoms with Crippen LogP contribution in [0.3, 0.4) is 0 Å². The van der Waals surface area contributed by atoms with Gasteiger partial charge in [0, 0.05) is 28.2 Å². The molecule has 12 aromatic rings. The number of benzene rings is 12. The highest BCUT2D eigenvalue weighted by atomic mass is 19.2. The first kappa shape index (κ1) is 52.3. The Hall–Kier alpha value is -10.8. The van der Waals surface area contributed by atoms with Gasteiger partial charge in [-0.15, -0.1) is 0 Å². The highest BCUT2D eigenvalue weighted by Gasteiger charge is 2.50. The Morgan fingerprint density at radius 1 is 0.306 bits per heavy atom.